The standard InChI is InChI=1S/C19H21N3O4/c1-2-26-18-10-6-3-7-15(18)19(23)21-13-11-20(12-14-21)16-8-4-5-9-17(16)22(24)25/h3-10H,2,11-14H2,1H3. The van der Waals surface area contributed by atoms with Gasteiger partial charge in [0.15, 0.2) is 0 Å². The van der Waals surface area contributed by atoms with Crippen molar-refractivity contribution in [3.63, 3.8) is 0 Å². The number of carbonyl (C=O) groups is 1. The van der Waals surface area contributed by atoms with Crippen molar-refractivity contribution in [1.82, 2.24) is 4.90 Å². The maximum atomic E-state index is 12.8. The summed E-state index contributed by atoms with van der Waals surface area (Å²) in [6.07, 6.45) is 0. The van der Waals surface area contributed by atoms with Crippen molar-refractivity contribution < 1.29 is 14.5 Å². The lowest BCUT2D eigenvalue weighted by molar-refractivity contribution is -0.384. The van der Waals surface area contributed by atoms with E-state index in [2.05, 4.69) is 0 Å². The van der Waals surface area contributed by atoms with Gasteiger partial charge in [0, 0.05) is 32.2 Å². The zero-order chi connectivity index (χ0) is 18.5. The van der Waals surface area contributed by atoms with Crippen LogP contribution in [0.5, 0.6) is 5.75 Å². The molecule has 2 aromatic carbocycles. The monoisotopic (exact) mass is 355 g/mol. The Balaban J connectivity index is 1.71. The van der Waals surface area contributed by atoms with Crippen molar-refractivity contribution in [2.75, 3.05) is 37.7 Å². The number of rotatable bonds is 5. The molecule has 1 fully saturated rings. The van der Waals surface area contributed by atoms with Crippen LogP contribution in [0.15, 0.2) is 48.5 Å². The van der Waals surface area contributed by atoms with E-state index in [1.807, 2.05) is 24.0 Å². The predicted octanol–water partition coefficient (Wildman–Crippen LogP) is 2.96. The second-order valence-electron chi connectivity index (χ2n) is 5.95. The Morgan fingerprint density at radius 3 is 2.42 bits per heavy atom. The molecule has 1 aliphatic heterocycles. The highest BCUT2D eigenvalue weighted by Gasteiger charge is 2.27. The third-order valence-corrected chi connectivity index (χ3v) is 4.40. The summed E-state index contributed by atoms with van der Waals surface area (Å²) in [6.45, 7) is 4.49. The van der Waals surface area contributed by atoms with Crippen LogP contribution < -0.4 is 9.64 Å². The number of piperazine rings is 1. The minimum Gasteiger partial charge on any atom is -0.493 e. The molecule has 0 saturated carbocycles. The maximum absolute atomic E-state index is 12.8. The summed E-state index contributed by atoms with van der Waals surface area (Å²) < 4.78 is 5.55. The van der Waals surface area contributed by atoms with Crippen LogP contribution in [0, 0.1) is 10.1 Å². The van der Waals surface area contributed by atoms with E-state index in [9.17, 15) is 14.9 Å². The Kier molecular flexibility index (Phi) is 5.36. The van der Waals surface area contributed by atoms with Crippen LogP contribution in [-0.4, -0.2) is 48.5 Å². The Bertz CT molecular complexity index is 801. The molecule has 7 nitrogen and oxygen atoms in total. The molecule has 0 unspecified atom stereocenters. The lowest BCUT2D eigenvalue weighted by atomic mass is 10.1. The van der Waals surface area contributed by atoms with Gasteiger partial charge in [-0.25, -0.2) is 0 Å². The van der Waals surface area contributed by atoms with Gasteiger partial charge in [0.25, 0.3) is 11.6 Å². The number of benzene rings is 2. The molecule has 0 aromatic heterocycles. The maximum Gasteiger partial charge on any atom is 0.292 e. The highest BCUT2D eigenvalue weighted by atomic mass is 16.6. The molecule has 3 rings (SSSR count). The summed E-state index contributed by atoms with van der Waals surface area (Å²) >= 11 is 0. The summed E-state index contributed by atoms with van der Waals surface area (Å²) in [5.74, 6) is 0.511. The molecule has 1 saturated heterocycles. The first-order chi connectivity index (χ1) is 12.6. The van der Waals surface area contributed by atoms with E-state index >= 15 is 0 Å². The molecular formula is C19H21N3O4. The minimum atomic E-state index is -0.370. The predicted molar refractivity (Wildman–Crippen MR) is 98.8 cm³/mol. The lowest BCUT2D eigenvalue weighted by Gasteiger charge is -2.36. The summed E-state index contributed by atoms with van der Waals surface area (Å²) in [7, 11) is 0. The molecule has 0 spiro atoms. The minimum absolute atomic E-state index is 0.0729. The Morgan fingerprint density at radius 1 is 1.08 bits per heavy atom. The second-order valence-corrected chi connectivity index (χ2v) is 5.95. The van der Waals surface area contributed by atoms with Crippen molar-refractivity contribution in [2.45, 2.75) is 6.92 Å². The number of nitro benzene ring substituents is 1. The molecule has 0 atom stereocenters. The van der Waals surface area contributed by atoms with E-state index in [1.165, 1.54) is 6.07 Å². The van der Waals surface area contributed by atoms with Crippen molar-refractivity contribution in [1.29, 1.82) is 0 Å². The molecule has 136 valence electrons. The fraction of sp³-hybridized carbons (Fsp3) is 0.316. The van der Waals surface area contributed by atoms with Crippen molar-refractivity contribution in [3.8, 4) is 5.75 Å². The average molecular weight is 355 g/mol. The summed E-state index contributed by atoms with van der Waals surface area (Å²) in [5.41, 5.74) is 1.24. The van der Waals surface area contributed by atoms with E-state index in [-0.39, 0.29) is 16.5 Å². The van der Waals surface area contributed by atoms with Crippen LogP contribution in [0.25, 0.3) is 0 Å². The summed E-state index contributed by atoms with van der Waals surface area (Å²) in [5, 5.41) is 11.2. The number of carbonyl (C=O) groups excluding carboxylic acids is 1. The number of hydrogen-bond acceptors (Lipinski definition) is 5. The van der Waals surface area contributed by atoms with Gasteiger partial charge in [-0.1, -0.05) is 24.3 Å². The van der Waals surface area contributed by atoms with Crippen LogP contribution in [-0.2, 0) is 0 Å². The largest absolute Gasteiger partial charge is 0.493 e. The molecule has 0 N–H and O–H groups in total. The quantitative estimate of drug-likeness (QED) is 0.609. The van der Waals surface area contributed by atoms with Gasteiger partial charge < -0.3 is 14.5 Å². The van der Waals surface area contributed by atoms with Gasteiger partial charge in [-0.2, -0.15) is 0 Å². The van der Waals surface area contributed by atoms with Gasteiger partial charge in [0.2, 0.25) is 0 Å². The van der Waals surface area contributed by atoms with Crippen molar-refractivity contribution in [2.24, 2.45) is 0 Å². The van der Waals surface area contributed by atoms with Gasteiger partial charge in [0.1, 0.15) is 11.4 Å². The number of hydrogen-bond donors (Lipinski definition) is 0. The first-order valence-corrected chi connectivity index (χ1v) is 8.61. The highest BCUT2D eigenvalue weighted by molar-refractivity contribution is 5.97. The normalized spacial score (nSPS) is 14.2. The van der Waals surface area contributed by atoms with E-state index in [4.69, 9.17) is 4.74 Å². The molecule has 26 heavy (non-hydrogen) atoms. The smallest absolute Gasteiger partial charge is 0.292 e. The van der Waals surface area contributed by atoms with E-state index < -0.39 is 0 Å². The van der Waals surface area contributed by atoms with Crippen LogP contribution in [0.3, 0.4) is 0 Å². The molecule has 1 heterocycles. The van der Waals surface area contributed by atoms with Gasteiger partial charge in [-0.15, -0.1) is 0 Å². The van der Waals surface area contributed by atoms with E-state index in [1.54, 1.807) is 35.2 Å². The Morgan fingerprint density at radius 2 is 1.73 bits per heavy atom. The van der Waals surface area contributed by atoms with Crippen molar-refractivity contribution >= 4 is 17.3 Å². The van der Waals surface area contributed by atoms with E-state index in [0.29, 0.717) is 49.8 Å². The molecule has 2 aromatic rings. The topological polar surface area (TPSA) is 75.9 Å². The molecule has 0 bridgehead atoms. The average Bonchev–Trinajstić information content (AvgIpc) is 2.68. The zero-order valence-electron chi connectivity index (χ0n) is 14.6. The molecular weight excluding hydrogens is 334 g/mol. The lowest BCUT2D eigenvalue weighted by Crippen LogP contribution is -2.49. The van der Waals surface area contributed by atoms with Crippen LogP contribution in [0.1, 0.15) is 17.3 Å². The summed E-state index contributed by atoms with van der Waals surface area (Å²) in [4.78, 5) is 27.4. The van der Waals surface area contributed by atoms with Crippen LogP contribution in [0.4, 0.5) is 11.4 Å². The molecule has 7 heteroatoms. The molecule has 1 aliphatic rings. The number of amides is 1. The van der Waals surface area contributed by atoms with Gasteiger partial charge in [-0.05, 0) is 25.1 Å². The molecule has 0 aliphatic carbocycles. The van der Waals surface area contributed by atoms with Gasteiger partial charge in [-0.3, -0.25) is 14.9 Å². The molecule has 0 radical (unpaired) electrons. The number of para-hydroxylation sites is 3. The third-order valence-electron chi connectivity index (χ3n) is 4.40. The fourth-order valence-corrected chi connectivity index (χ4v) is 3.13. The fourth-order valence-electron chi connectivity index (χ4n) is 3.13. The number of nitrogens with zero attached hydrogens (tertiary/aromatic N) is 3. The number of ether oxygens (including phenoxy) is 1. The van der Waals surface area contributed by atoms with Crippen molar-refractivity contribution in [3.05, 3.63) is 64.2 Å². The van der Waals surface area contributed by atoms with Gasteiger partial charge >= 0.3 is 0 Å². The number of anilines is 1. The second kappa shape index (κ2) is 7.86. The molecule has 1 amide bonds. The highest BCUT2D eigenvalue weighted by Crippen LogP contribution is 2.29. The Hall–Kier alpha value is -3.09. The third kappa shape index (κ3) is 3.61. The summed E-state index contributed by atoms with van der Waals surface area (Å²) in [6, 6.07) is 13.9. The zero-order valence-corrected chi connectivity index (χ0v) is 14.6. The first kappa shape index (κ1) is 17.7. The SMILES string of the molecule is CCOc1ccccc1C(=O)N1CCN(c2ccccc2[N+](=O)[O-])CC1. The van der Waals surface area contributed by atoms with E-state index in [0.717, 1.165) is 0 Å². The first-order valence-electron chi connectivity index (χ1n) is 8.61. The number of nitro groups is 1. The van der Waals surface area contributed by atoms with Crippen LogP contribution in [0.2, 0.25) is 0 Å². The Labute approximate surface area is 151 Å². The van der Waals surface area contributed by atoms with Gasteiger partial charge in [0.05, 0.1) is 17.1 Å². The van der Waals surface area contributed by atoms with Crippen LogP contribution >= 0.6 is 0 Å².